The molecule has 146 valence electrons. The van der Waals surface area contributed by atoms with Crippen LogP contribution in [0.4, 0.5) is 5.69 Å². The molecule has 3 rings (SSSR count). The van der Waals surface area contributed by atoms with E-state index >= 15 is 0 Å². The van der Waals surface area contributed by atoms with Crippen LogP contribution >= 0.6 is 11.6 Å². The summed E-state index contributed by atoms with van der Waals surface area (Å²) in [5.41, 5.74) is 0.442. The maximum absolute atomic E-state index is 12.3. The lowest BCUT2D eigenvalue weighted by Gasteiger charge is -2.09. The van der Waals surface area contributed by atoms with E-state index < -0.39 is 15.9 Å². The van der Waals surface area contributed by atoms with Gasteiger partial charge in [0.2, 0.25) is 10.0 Å². The van der Waals surface area contributed by atoms with Gasteiger partial charge in [-0.1, -0.05) is 23.7 Å². The number of rotatable bonds is 8. The summed E-state index contributed by atoms with van der Waals surface area (Å²) in [6.45, 7) is -0.179. The van der Waals surface area contributed by atoms with Crippen molar-refractivity contribution < 1.29 is 22.4 Å². The number of furan rings is 1. The molecule has 9 heteroatoms. The molecular formula is C19H17ClN2O5S. The minimum atomic E-state index is -3.69. The number of benzene rings is 2. The summed E-state index contributed by atoms with van der Waals surface area (Å²) in [6, 6.07) is 16.0. The van der Waals surface area contributed by atoms with Crippen molar-refractivity contribution in [2.24, 2.45) is 0 Å². The topological polar surface area (TPSA) is 97.6 Å². The molecule has 0 saturated heterocycles. The van der Waals surface area contributed by atoms with Gasteiger partial charge in [-0.2, -0.15) is 0 Å². The molecule has 0 saturated carbocycles. The number of nitrogens with one attached hydrogen (secondary N) is 2. The van der Waals surface area contributed by atoms with Gasteiger partial charge >= 0.3 is 0 Å². The maximum Gasteiger partial charge on any atom is 0.262 e. The number of hydrogen-bond acceptors (Lipinski definition) is 5. The summed E-state index contributed by atoms with van der Waals surface area (Å²) in [5.74, 6) is 0.515. The first-order chi connectivity index (χ1) is 13.4. The fraction of sp³-hybridized carbons (Fsp3) is 0.105. The van der Waals surface area contributed by atoms with Crippen LogP contribution in [-0.2, 0) is 21.4 Å². The number of para-hydroxylation sites is 1. The van der Waals surface area contributed by atoms with E-state index in [2.05, 4.69) is 10.0 Å². The average Bonchev–Trinajstić information content (AvgIpc) is 3.20. The Hall–Kier alpha value is -2.81. The first-order valence-electron chi connectivity index (χ1n) is 8.23. The number of carbonyl (C=O) groups is 1. The van der Waals surface area contributed by atoms with Gasteiger partial charge in [0.1, 0.15) is 11.5 Å². The molecule has 1 amide bonds. The smallest absolute Gasteiger partial charge is 0.262 e. The van der Waals surface area contributed by atoms with Crippen LogP contribution in [0.1, 0.15) is 5.76 Å². The van der Waals surface area contributed by atoms with Gasteiger partial charge in [0.25, 0.3) is 5.91 Å². The number of ether oxygens (including phenoxy) is 1. The summed E-state index contributed by atoms with van der Waals surface area (Å²) in [6.07, 6.45) is 1.47. The van der Waals surface area contributed by atoms with Crippen LogP contribution in [0, 0.1) is 0 Å². The lowest BCUT2D eigenvalue weighted by Crippen LogP contribution is -2.23. The Morgan fingerprint density at radius 3 is 2.46 bits per heavy atom. The van der Waals surface area contributed by atoms with E-state index in [-0.39, 0.29) is 18.0 Å². The first-order valence-corrected chi connectivity index (χ1v) is 10.1. The van der Waals surface area contributed by atoms with Crippen molar-refractivity contribution in [1.29, 1.82) is 0 Å². The number of amides is 1. The highest BCUT2D eigenvalue weighted by atomic mass is 35.5. The second kappa shape index (κ2) is 8.92. The van der Waals surface area contributed by atoms with Crippen LogP contribution < -0.4 is 14.8 Å². The third kappa shape index (κ3) is 5.35. The van der Waals surface area contributed by atoms with Crippen molar-refractivity contribution in [1.82, 2.24) is 4.72 Å². The predicted molar refractivity (Wildman–Crippen MR) is 105 cm³/mol. The average molecular weight is 421 g/mol. The standard InChI is InChI=1S/C19H17ClN2O5S/c20-17-5-1-2-6-18(17)27-13-19(23)22-14-7-9-16(10-8-14)28(24,25)21-12-15-4-3-11-26-15/h1-11,21H,12-13H2,(H,22,23). The Morgan fingerprint density at radius 2 is 1.79 bits per heavy atom. The van der Waals surface area contributed by atoms with Crippen LogP contribution in [0.3, 0.4) is 0 Å². The fourth-order valence-corrected chi connectivity index (χ4v) is 3.47. The molecule has 0 unspecified atom stereocenters. The zero-order valence-electron chi connectivity index (χ0n) is 14.6. The van der Waals surface area contributed by atoms with Gasteiger partial charge < -0.3 is 14.5 Å². The van der Waals surface area contributed by atoms with E-state index in [1.54, 1.807) is 36.4 Å². The quantitative estimate of drug-likeness (QED) is 0.581. The normalized spacial score (nSPS) is 11.2. The molecule has 7 nitrogen and oxygen atoms in total. The van der Waals surface area contributed by atoms with Crippen molar-refractivity contribution in [2.45, 2.75) is 11.4 Å². The van der Waals surface area contributed by atoms with Gasteiger partial charge in [0.15, 0.2) is 6.61 Å². The van der Waals surface area contributed by atoms with E-state index in [1.165, 1.54) is 30.5 Å². The highest BCUT2D eigenvalue weighted by Gasteiger charge is 2.14. The van der Waals surface area contributed by atoms with Crippen molar-refractivity contribution in [3.8, 4) is 5.75 Å². The number of hydrogen-bond donors (Lipinski definition) is 2. The summed E-state index contributed by atoms with van der Waals surface area (Å²) in [7, 11) is -3.69. The second-order valence-corrected chi connectivity index (χ2v) is 7.87. The molecule has 0 atom stereocenters. The largest absolute Gasteiger partial charge is 0.482 e. The molecule has 3 aromatic rings. The number of sulfonamides is 1. The second-order valence-electron chi connectivity index (χ2n) is 5.70. The molecule has 0 aliphatic carbocycles. The van der Waals surface area contributed by atoms with Crippen molar-refractivity contribution >= 4 is 33.2 Å². The Bertz CT molecular complexity index is 1030. The lowest BCUT2D eigenvalue weighted by molar-refractivity contribution is -0.118. The Kier molecular flexibility index (Phi) is 6.35. The lowest BCUT2D eigenvalue weighted by atomic mass is 10.3. The summed E-state index contributed by atoms with van der Waals surface area (Å²) in [4.78, 5) is 12.1. The van der Waals surface area contributed by atoms with Crippen molar-refractivity contribution in [3.63, 3.8) is 0 Å². The molecule has 1 aromatic heterocycles. The van der Waals surface area contributed by atoms with E-state index in [1.807, 2.05) is 0 Å². The molecule has 2 aromatic carbocycles. The minimum Gasteiger partial charge on any atom is -0.482 e. The predicted octanol–water partition coefficient (Wildman–Crippen LogP) is 3.43. The third-order valence-corrected chi connectivity index (χ3v) is 5.39. The number of halogens is 1. The van der Waals surface area contributed by atoms with Crippen molar-refractivity contribution in [2.75, 3.05) is 11.9 Å². The van der Waals surface area contributed by atoms with Crippen LogP contribution in [0.15, 0.2) is 76.2 Å². The molecule has 0 radical (unpaired) electrons. The van der Waals surface area contributed by atoms with E-state index in [4.69, 9.17) is 20.8 Å². The van der Waals surface area contributed by atoms with Crippen LogP contribution in [-0.4, -0.2) is 20.9 Å². The Balaban J connectivity index is 1.54. The molecular weight excluding hydrogens is 404 g/mol. The van der Waals surface area contributed by atoms with Gasteiger partial charge in [-0.15, -0.1) is 0 Å². The Labute approximate surface area is 167 Å². The zero-order chi connectivity index (χ0) is 20.0. The summed E-state index contributed by atoms with van der Waals surface area (Å²) in [5, 5.41) is 3.04. The molecule has 2 N–H and O–H groups in total. The first kappa shape index (κ1) is 19.9. The van der Waals surface area contributed by atoms with Gasteiger partial charge in [0.05, 0.1) is 22.7 Å². The minimum absolute atomic E-state index is 0.0488. The monoisotopic (exact) mass is 420 g/mol. The summed E-state index contributed by atoms with van der Waals surface area (Å²) < 4.78 is 37.5. The number of anilines is 1. The molecule has 0 aliphatic rings. The van der Waals surface area contributed by atoms with Crippen LogP contribution in [0.5, 0.6) is 5.75 Å². The SMILES string of the molecule is O=C(COc1ccccc1Cl)Nc1ccc(S(=O)(=O)NCc2ccco2)cc1. The fourth-order valence-electron chi connectivity index (χ4n) is 2.28. The van der Waals surface area contributed by atoms with Gasteiger partial charge in [-0.05, 0) is 48.5 Å². The zero-order valence-corrected chi connectivity index (χ0v) is 16.2. The molecule has 0 aliphatic heterocycles. The van der Waals surface area contributed by atoms with E-state index in [0.717, 1.165) is 0 Å². The molecule has 0 bridgehead atoms. The van der Waals surface area contributed by atoms with Gasteiger partial charge in [-0.3, -0.25) is 4.79 Å². The highest BCUT2D eigenvalue weighted by Crippen LogP contribution is 2.23. The van der Waals surface area contributed by atoms with E-state index in [0.29, 0.717) is 22.2 Å². The number of carbonyl (C=O) groups excluding carboxylic acids is 1. The summed E-state index contributed by atoms with van der Waals surface area (Å²) >= 11 is 5.96. The maximum atomic E-state index is 12.3. The molecule has 28 heavy (non-hydrogen) atoms. The van der Waals surface area contributed by atoms with Gasteiger partial charge in [0, 0.05) is 5.69 Å². The van der Waals surface area contributed by atoms with Crippen LogP contribution in [0.2, 0.25) is 5.02 Å². The Morgan fingerprint density at radius 1 is 1.04 bits per heavy atom. The molecule has 1 heterocycles. The molecule has 0 fully saturated rings. The van der Waals surface area contributed by atoms with Crippen molar-refractivity contribution in [3.05, 3.63) is 77.7 Å². The van der Waals surface area contributed by atoms with Crippen LogP contribution in [0.25, 0.3) is 0 Å². The van der Waals surface area contributed by atoms with E-state index in [9.17, 15) is 13.2 Å². The van der Waals surface area contributed by atoms with Gasteiger partial charge in [-0.25, -0.2) is 13.1 Å². The molecule has 0 spiro atoms. The third-order valence-electron chi connectivity index (χ3n) is 3.66. The highest BCUT2D eigenvalue weighted by molar-refractivity contribution is 7.89.